The fraction of sp³-hybridized carbons (Fsp3) is 0.250. The van der Waals surface area contributed by atoms with E-state index in [1.807, 2.05) is 0 Å². The number of nitrogens with one attached hydrogen (secondary N) is 1. The Balaban J connectivity index is 2.11. The van der Waals surface area contributed by atoms with E-state index in [0.717, 1.165) is 6.07 Å². The minimum atomic E-state index is -4.49. The van der Waals surface area contributed by atoms with Gasteiger partial charge in [0.15, 0.2) is 0 Å². The smallest absolute Gasteiger partial charge is 0.389 e. The second-order valence-electron chi connectivity index (χ2n) is 4.22. The lowest BCUT2D eigenvalue weighted by Gasteiger charge is -2.14. The second kappa shape index (κ2) is 6.08. The van der Waals surface area contributed by atoms with E-state index in [2.05, 4.69) is 27.8 Å². The van der Waals surface area contributed by atoms with Crippen LogP contribution in [0.4, 0.5) is 18.9 Å². The number of hydrogen-bond donors (Lipinski definition) is 2. The molecule has 0 atom stereocenters. The van der Waals surface area contributed by atoms with Crippen molar-refractivity contribution in [2.75, 3.05) is 11.9 Å². The van der Waals surface area contributed by atoms with Gasteiger partial charge in [-0.3, -0.25) is 4.68 Å². The molecule has 1 aromatic carbocycles. The number of benzene rings is 1. The normalized spacial score (nSPS) is 11.4. The second-order valence-corrected chi connectivity index (χ2v) is 4.66. The van der Waals surface area contributed by atoms with E-state index in [4.69, 9.17) is 5.73 Å². The molecule has 0 amide bonds. The average molecular weight is 315 g/mol. The van der Waals surface area contributed by atoms with Crippen molar-refractivity contribution in [2.45, 2.75) is 12.7 Å². The van der Waals surface area contributed by atoms with E-state index in [9.17, 15) is 13.2 Å². The average Bonchev–Trinajstić information content (AvgIpc) is 2.90. The molecule has 0 fully saturated rings. The van der Waals surface area contributed by atoms with Gasteiger partial charge in [0.05, 0.1) is 18.3 Å². The molecule has 0 bridgehead atoms. The molecular weight excluding hydrogens is 303 g/mol. The van der Waals surface area contributed by atoms with Crippen LogP contribution in [0.1, 0.15) is 11.1 Å². The number of alkyl halides is 3. The summed E-state index contributed by atoms with van der Waals surface area (Å²) in [5.41, 5.74) is 4.85. The number of thiocarbonyl (C=S) groups is 1. The molecular formula is C12H12F3N5S. The van der Waals surface area contributed by atoms with Crippen LogP contribution in [-0.2, 0) is 12.7 Å². The van der Waals surface area contributed by atoms with Gasteiger partial charge in [-0.1, -0.05) is 17.4 Å². The third-order valence-corrected chi connectivity index (χ3v) is 2.95. The van der Waals surface area contributed by atoms with Crippen LogP contribution in [0.5, 0.6) is 0 Å². The quantitative estimate of drug-likeness (QED) is 0.827. The van der Waals surface area contributed by atoms with E-state index in [1.54, 1.807) is 17.1 Å². The lowest BCUT2D eigenvalue weighted by Crippen LogP contribution is -2.19. The summed E-state index contributed by atoms with van der Waals surface area (Å²) in [4.78, 5) is -0.290. The summed E-state index contributed by atoms with van der Waals surface area (Å²) < 4.78 is 40.1. The maximum atomic E-state index is 12.8. The first-order chi connectivity index (χ1) is 9.88. The van der Waals surface area contributed by atoms with Crippen LogP contribution in [0.25, 0.3) is 0 Å². The molecule has 5 nitrogen and oxygen atoms in total. The first kappa shape index (κ1) is 15.2. The number of halogens is 3. The molecule has 0 aliphatic heterocycles. The van der Waals surface area contributed by atoms with Crippen molar-refractivity contribution in [3.05, 3.63) is 41.7 Å². The van der Waals surface area contributed by atoms with Crippen molar-refractivity contribution in [3.8, 4) is 0 Å². The number of nitrogens with two attached hydrogens (primary N) is 1. The number of hydrogen-bond acceptors (Lipinski definition) is 4. The molecule has 0 aliphatic carbocycles. The lowest BCUT2D eigenvalue weighted by molar-refractivity contribution is -0.137. The molecule has 9 heteroatoms. The largest absolute Gasteiger partial charge is 0.417 e. The van der Waals surface area contributed by atoms with Crippen LogP contribution in [0.15, 0.2) is 30.6 Å². The minimum Gasteiger partial charge on any atom is -0.389 e. The van der Waals surface area contributed by atoms with Gasteiger partial charge in [-0.05, 0) is 18.2 Å². The third kappa shape index (κ3) is 3.91. The summed E-state index contributed by atoms with van der Waals surface area (Å²) in [6, 6.07) is 3.60. The fourth-order valence-corrected chi connectivity index (χ4v) is 1.94. The zero-order valence-corrected chi connectivity index (χ0v) is 11.6. The van der Waals surface area contributed by atoms with Crippen LogP contribution in [0, 0.1) is 0 Å². The van der Waals surface area contributed by atoms with Gasteiger partial charge in [-0.25, -0.2) is 0 Å². The molecule has 1 aromatic heterocycles. The van der Waals surface area contributed by atoms with Crippen LogP contribution in [0.2, 0.25) is 0 Å². The van der Waals surface area contributed by atoms with E-state index < -0.39 is 11.7 Å². The molecule has 0 spiro atoms. The minimum absolute atomic E-state index is 0.191. The Labute approximate surface area is 123 Å². The van der Waals surface area contributed by atoms with Crippen molar-refractivity contribution >= 4 is 22.9 Å². The molecule has 0 radical (unpaired) electrons. The SMILES string of the molecule is NC(=S)c1cc(NCCn2ccnn2)ccc1C(F)(F)F. The number of nitrogens with zero attached hydrogens (tertiary/aromatic N) is 3. The fourth-order valence-electron chi connectivity index (χ4n) is 1.77. The van der Waals surface area contributed by atoms with Gasteiger partial charge in [-0.2, -0.15) is 13.2 Å². The summed E-state index contributed by atoms with van der Waals surface area (Å²) >= 11 is 4.68. The molecule has 0 unspecified atom stereocenters. The van der Waals surface area contributed by atoms with E-state index in [1.165, 1.54) is 12.1 Å². The molecule has 2 aromatic rings. The van der Waals surface area contributed by atoms with Gasteiger partial charge >= 0.3 is 6.18 Å². The Hall–Kier alpha value is -2.16. The van der Waals surface area contributed by atoms with Crippen LogP contribution in [-0.4, -0.2) is 26.5 Å². The van der Waals surface area contributed by atoms with Crippen molar-refractivity contribution < 1.29 is 13.2 Å². The maximum Gasteiger partial charge on any atom is 0.417 e. The zero-order chi connectivity index (χ0) is 15.5. The van der Waals surface area contributed by atoms with Crippen LogP contribution < -0.4 is 11.1 Å². The van der Waals surface area contributed by atoms with Gasteiger partial charge in [0.2, 0.25) is 0 Å². The third-order valence-electron chi connectivity index (χ3n) is 2.73. The Morgan fingerprint density at radius 2 is 2.14 bits per heavy atom. The van der Waals surface area contributed by atoms with Gasteiger partial charge in [0, 0.05) is 24.0 Å². The van der Waals surface area contributed by atoms with Crippen molar-refractivity contribution in [1.29, 1.82) is 0 Å². The topological polar surface area (TPSA) is 68.8 Å². The summed E-state index contributed by atoms with van der Waals surface area (Å²) in [5.74, 6) is 0. The van der Waals surface area contributed by atoms with Crippen LogP contribution >= 0.6 is 12.2 Å². The number of aromatic nitrogens is 3. The standard InChI is InChI=1S/C12H12F3N5S/c13-12(14,15)10-2-1-8(7-9(10)11(16)21)17-3-5-20-6-4-18-19-20/h1-2,4,6-7,17H,3,5H2,(H2,16,21). The van der Waals surface area contributed by atoms with Crippen LogP contribution in [0.3, 0.4) is 0 Å². The Bertz CT molecular complexity index is 624. The van der Waals surface area contributed by atoms with E-state index >= 15 is 0 Å². The van der Waals surface area contributed by atoms with E-state index in [-0.39, 0.29) is 10.6 Å². The molecule has 1 heterocycles. The Morgan fingerprint density at radius 3 is 2.71 bits per heavy atom. The van der Waals surface area contributed by atoms with Gasteiger partial charge in [0.25, 0.3) is 0 Å². The van der Waals surface area contributed by atoms with Gasteiger partial charge in [-0.15, -0.1) is 5.10 Å². The van der Waals surface area contributed by atoms with Crippen molar-refractivity contribution in [1.82, 2.24) is 15.0 Å². The predicted octanol–water partition coefficient (Wildman–Crippen LogP) is 2.04. The Morgan fingerprint density at radius 1 is 1.38 bits per heavy atom. The predicted molar refractivity (Wildman–Crippen MR) is 75.8 cm³/mol. The first-order valence-electron chi connectivity index (χ1n) is 5.97. The molecule has 112 valence electrons. The summed E-state index contributed by atoms with van der Waals surface area (Å²) in [5, 5.41) is 10.4. The first-order valence-corrected chi connectivity index (χ1v) is 6.38. The highest BCUT2D eigenvalue weighted by Crippen LogP contribution is 2.33. The highest BCUT2D eigenvalue weighted by molar-refractivity contribution is 7.80. The molecule has 2 rings (SSSR count). The Kier molecular flexibility index (Phi) is 4.41. The van der Waals surface area contributed by atoms with Gasteiger partial charge in [0.1, 0.15) is 4.99 Å². The number of anilines is 1. The molecule has 3 N–H and O–H groups in total. The summed E-state index contributed by atoms with van der Waals surface area (Å²) in [6.45, 7) is 1.01. The maximum absolute atomic E-state index is 12.8. The van der Waals surface area contributed by atoms with Gasteiger partial charge < -0.3 is 11.1 Å². The van der Waals surface area contributed by atoms with E-state index in [0.29, 0.717) is 18.8 Å². The highest BCUT2D eigenvalue weighted by atomic mass is 32.1. The molecule has 21 heavy (non-hydrogen) atoms. The molecule has 0 saturated heterocycles. The summed E-state index contributed by atoms with van der Waals surface area (Å²) in [7, 11) is 0. The summed E-state index contributed by atoms with van der Waals surface area (Å²) in [6.07, 6.45) is -1.25. The van der Waals surface area contributed by atoms with Crippen molar-refractivity contribution in [3.63, 3.8) is 0 Å². The molecule has 0 saturated carbocycles. The lowest BCUT2D eigenvalue weighted by atomic mass is 10.1. The number of rotatable bonds is 5. The highest BCUT2D eigenvalue weighted by Gasteiger charge is 2.33. The van der Waals surface area contributed by atoms with Crippen molar-refractivity contribution in [2.24, 2.45) is 5.73 Å². The monoisotopic (exact) mass is 315 g/mol. The molecule has 0 aliphatic rings. The zero-order valence-electron chi connectivity index (χ0n) is 10.8.